The van der Waals surface area contributed by atoms with Crippen LogP contribution in [0.3, 0.4) is 0 Å². The second-order valence-corrected chi connectivity index (χ2v) is 8.64. The number of fused-ring (bicyclic) bond motifs is 1. The van der Waals surface area contributed by atoms with Crippen molar-refractivity contribution in [1.82, 2.24) is 19.6 Å². The summed E-state index contributed by atoms with van der Waals surface area (Å²) in [5.74, 6) is 0.103. The lowest BCUT2D eigenvalue weighted by molar-refractivity contribution is -0.136. The number of aryl methyl sites for hydroxylation is 1. The number of carbonyl (C=O) groups is 2. The molecule has 3 atom stereocenters. The lowest BCUT2D eigenvalue weighted by Gasteiger charge is -2.45. The van der Waals surface area contributed by atoms with Crippen LogP contribution in [0, 0.1) is 0 Å². The van der Waals surface area contributed by atoms with Crippen molar-refractivity contribution in [2.45, 2.75) is 63.6 Å². The highest BCUT2D eigenvalue weighted by atomic mass is 16.2. The summed E-state index contributed by atoms with van der Waals surface area (Å²) >= 11 is 0. The number of carbonyl (C=O) groups excluding carboxylic acids is 2. The molecule has 2 fully saturated rings. The summed E-state index contributed by atoms with van der Waals surface area (Å²) in [5.41, 5.74) is 1.36. The molecular formula is C23H30N4O2. The molecule has 0 saturated carbocycles. The zero-order valence-electron chi connectivity index (χ0n) is 17.5. The zero-order chi connectivity index (χ0) is 20.6. The Bertz CT molecular complexity index is 893. The van der Waals surface area contributed by atoms with E-state index < -0.39 is 0 Å². The van der Waals surface area contributed by atoms with Gasteiger partial charge in [0.15, 0.2) is 0 Å². The summed E-state index contributed by atoms with van der Waals surface area (Å²) in [7, 11) is 1.83. The van der Waals surface area contributed by atoms with Crippen LogP contribution in [0.1, 0.15) is 67.9 Å². The molecule has 2 aliphatic heterocycles. The van der Waals surface area contributed by atoms with Gasteiger partial charge in [-0.1, -0.05) is 43.2 Å². The first-order valence-corrected chi connectivity index (χ1v) is 10.6. The molecule has 0 spiro atoms. The molecule has 6 heteroatoms. The molecule has 4 rings (SSSR count). The first kappa shape index (κ1) is 19.7. The molecule has 2 aliphatic rings. The Morgan fingerprint density at radius 3 is 2.55 bits per heavy atom. The minimum atomic E-state index is -0.370. The van der Waals surface area contributed by atoms with Gasteiger partial charge in [0.05, 0.1) is 29.4 Å². The van der Waals surface area contributed by atoms with Crippen LogP contribution >= 0.6 is 0 Å². The maximum Gasteiger partial charge on any atom is 0.257 e. The molecule has 3 heterocycles. The van der Waals surface area contributed by atoms with Gasteiger partial charge < -0.3 is 9.80 Å². The molecule has 2 aromatic rings. The van der Waals surface area contributed by atoms with Crippen LogP contribution in [-0.4, -0.2) is 49.5 Å². The smallest absolute Gasteiger partial charge is 0.257 e. The van der Waals surface area contributed by atoms with Crippen LogP contribution in [0.25, 0.3) is 0 Å². The molecule has 1 aromatic carbocycles. The van der Waals surface area contributed by atoms with Gasteiger partial charge in [0.25, 0.3) is 5.91 Å². The maximum atomic E-state index is 13.7. The van der Waals surface area contributed by atoms with E-state index in [4.69, 9.17) is 0 Å². The van der Waals surface area contributed by atoms with Gasteiger partial charge in [-0.2, -0.15) is 5.10 Å². The number of benzene rings is 1. The molecule has 0 unspecified atom stereocenters. The van der Waals surface area contributed by atoms with E-state index in [9.17, 15) is 9.59 Å². The summed E-state index contributed by atoms with van der Waals surface area (Å²) in [5, 5.41) is 4.21. The van der Waals surface area contributed by atoms with Crippen LogP contribution < -0.4 is 0 Å². The largest absolute Gasteiger partial charge is 0.335 e. The number of hydrogen-bond donors (Lipinski definition) is 0. The molecule has 1 aromatic heterocycles. The van der Waals surface area contributed by atoms with Crippen LogP contribution in [-0.2, 0) is 11.8 Å². The molecular weight excluding hydrogens is 364 g/mol. The fraction of sp³-hybridized carbons (Fsp3) is 0.522. The normalized spacial score (nSPS) is 27.3. The second kappa shape index (κ2) is 7.65. The van der Waals surface area contributed by atoms with Crippen molar-refractivity contribution in [3.63, 3.8) is 0 Å². The van der Waals surface area contributed by atoms with E-state index >= 15 is 0 Å². The van der Waals surface area contributed by atoms with Crippen molar-refractivity contribution >= 4 is 11.8 Å². The summed E-state index contributed by atoms with van der Waals surface area (Å²) in [6, 6.07) is 10.2. The van der Waals surface area contributed by atoms with E-state index in [0.717, 1.165) is 44.2 Å². The van der Waals surface area contributed by atoms with Crippen molar-refractivity contribution < 1.29 is 9.59 Å². The molecule has 0 radical (unpaired) electrons. The van der Waals surface area contributed by atoms with E-state index in [1.165, 1.54) is 0 Å². The van der Waals surface area contributed by atoms with Crippen molar-refractivity contribution in [2.24, 2.45) is 7.05 Å². The fourth-order valence-corrected chi connectivity index (χ4v) is 5.36. The molecule has 154 valence electrons. The van der Waals surface area contributed by atoms with E-state index in [-0.39, 0.29) is 29.4 Å². The monoisotopic (exact) mass is 394 g/mol. The third kappa shape index (κ3) is 3.45. The summed E-state index contributed by atoms with van der Waals surface area (Å²) in [4.78, 5) is 30.4. The van der Waals surface area contributed by atoms with Gasteiger partial charge in [0.2, 0.25) is 5.91 Å². The predicted molar refractivity (Wildman–Crippen MR) is 111 cm³/mol. The average Bonchev–Trinajstić information content (AvgIpc) is 3.24. The highest BCUT2D eigenvalue weighted by molar-refractivity contribution is 5.94. The minimum absolute atomic E-state index is 0.00440. The average molecular weight is 395 g/mol. The van der Waals surface area contributed by atoms with Crippen molar-refractivity contribution in [3.8, 4) is 0 Å². The Balaban J connectivity index is 1.81. The van der Waals surface area contributed by atoms with Gasteiger partial charge in [-0.15, -0.1) is 0 Å². The predicted octanol–water partition coefficient (Wildman–Crippen LogP) is 3.56. The van der Waals surface area contributed by atoms with Crippen molar-refractivity contribution in [1.29, 1.82) is 0 Å². The Morgan fingerprint density at radius 2 is 1.90 bits per heavy atom. The molecule has 0 bridgehead atoms. The SMILES string of the molecule is CC(=O)N1CCCCC[C@@H]2N(C(=O)c3cnn(C)c3)[C@H](c3ccccc3)C[C@@]21C. The van der Waals surface area contributed by atoms with E-state index in [1.54, 1.807) is 24.0 Å². The number of amides is 2. The lowest BCUT2D eigenvalue weighted by atomic mass is 9.83. The highest BCUT2D eigenvalue weighted by Crippen LogP contribution is 2.48. The first-order valence-electron chi connectivity index (χ1n) is 10.6. The van der Waals surface area contributed by atoms with Gasteiger partial charge >= 0.3 is 0 Å². The number of aromatic nitrogens is 2. The van der Waals surface area contributed by atoms with E-state index in [1.807, 2.05) is 35.0 Å². The summed E-state index contributed by atoms with van der Waals surface area (Å²) in [6.07, 6.45) is 8.28. The topological polar surface area (TPSA) is 58.4 Å². The van der Waals surface area contributed by atoms with Crippen LogP contribution in [0.15, 0.2) is 42.7 Å². The number of likely N-dealkylation sites (tertiary alicyclic amines) is 2. The molecule has 0 aliphatic carbocycles. The van der Waals surface area contributed by atoms with Gasteiger partial charge in [-0.05, 0) is 31.7 Å². The summed E-state index contributed by atoms with van der Waals surface area (Å²) < 4.78 is 1.67. The molecule has 0 N–H and O–H groups in total. The Morgan fingerprint density at radius 1 is 1.14 bits per heavy atom. The third-order valence-electron chi connectivity index (χ3n) is 6.72. The van der Waals surface area contributed by atoms with Crippen molar-refractivity contribution in [3.05, 3.63) is 53.9 Å². The van der Waals surface area contributed by atoms with Gasteiger partial charge in [-0.25, -0.2) is 0 Å². The number of rotatable bonds is 2. The van der Waals surface area contributed by atoms with Gasteiger partial charge in [0.1, 0.15) is 0 Å². The minimum Gasteiger partial charge on any atom is -0.335 e. The molecule has 2 saturated heterocycles. The van der Waals surface area contributed by atoms with E-state index in [0.29, 0.717) is 5.56 Å². The second-order valence-electron chi connectivity index (χ2n) is 8.64. The van der Waals surface area contributed by atoms with Gasteiger partial charge in [0, 0.05) is 26.7 Å². The van der Waals surface area contributed by atoms with Gasteiger partial charge in [-0.3, -0.25) is 14.3 Å². The maximum absolute atomic E-state index is 13.7. The number of hydrogen-bond acceptors (Lipinski definition) is 3. The number of nitrogens with zero attached hydrogens (tertiary/aromatic N) is 4. The Hall–Kier alpha value is -2.63. The fourth-order valence-electron chi connectivity index (χ4n) is 5.36. The summed E-state index contributed by atoms with van der Waals surface area (Å²) in [6.45, 7) is 4.60. The highest BCUT2D eigenvalue weighted by Gasteiger charge is 2.55. The van der Waals surface area contributed by atoms with Crippen LogP contribution in [0.4, 0.5) is 0 Å². The Labute approximate surface area is 172 Å². The Kier molecular flexibility index (Phi) is 5.19. The first-order chi connectivity index (χ1) is 13.9. The van der Waals surface area contributed by atoms with E-state index in [2.05, 4.69) is 24.2 Å². The molecule has 6 nitrogen and oxygen atoms in total. The van der Waals surface area contributed by atoms with Crippen LogP contribution in [0.5, 0.6) is 0 Å². The lowest BCUT2D eigenvalue weighted by Crippen LogP contribution is -2.58. The third-order valence-corrected chi connectivity index (χ3v) is 6.72. The molecule has 29 heavy (non-hydrogen) atoms. The van der Waals surface area contributed by atoms with Crippen molar-refractivity contribution in [2.75, 3.05) is 6.54 Å². The standard InChI is InChI=1S/C23H30N4O2/c1-17(28)26-13-9-5-8-12-21-23(26,2)14-20(18-10-6-4-7-11-18)27(21)22(29)19-15-24-25(3)16-19/h4,6-7,10-11,15-16,20-21H,5,8-9,12-14H2,1-3H3/t20-,21-,23-/m0/s1. The molecule has 2 amide bonds. The quantitative estimate of drug-likeness (QED) is 0.783. The zero-order valence-corrected chi connectivity index (χ0v) is 17.5. The van der Waals surface area contributed by atoms with Crippen LogP contribution in [0.2, 0.25) is 0 Å².